The lowest BCUT2D eigenvalue weighted by Crippen LogP contribution is -2.25. The van der Waals surface area contributed by atoms with Gasteiger partial charge in [-0.15, -0.1) is 0 Å². The first-order valence-corrected chi connectivity index (χ1v) is 7.74. The van der Waals surface area contributed by atoms with Crippen LogP contribution in [0.25, 0.3) is 0 Å². The van der Waals surface area contributed by atoms with Crippen LogP contribution < -0.4 is 10.5 Å². The molecule has 8 heteroatoms. The molecule has 0 unspecified atom stereocenters. The predicted molar refractivity (Wildman–Crippen MR) is 75.1 cm³/mol. The Bertz CT molecular complexity index is 735. The molecule has 0 radical (unpaired) electrons. The van der Waals surface area contributed by atoms with Crippen LogP contribution in [-0.4, -0.2) is 26.0 Å². The summed E-state index contributed by atoms with van der Waals surface area (Å²) in [6.07, 6.45) is 2.03. The lowest BCUT2D eigenvalue weighted by atomic mass is 10.1. The Balaban J connectivity index is 1.89. The van der Waals surface area contributed by atoms with Crippen molar-refractivity contribution in [1.29, 1.82) is 0 Å². The van der Waals surface area contributed by atoms with Gasteiger partial charge in [0.25, 0.3) is 5.91 Å². The summed E-state index contributed by atoms with van der Waals surface area (Å²) in [5.41, 5.74) is 1.56. The van der Waals surface area contributed by atoms with Gasteiger partial charge in [0.05, 0.1) is 11.1 Å². The maximum atomic E-state index is 11.8. The van der Waals surface area contributed by atoms with Gasteiger partial charge in [-0.3, -0.25) is 4.79 Å². The maximum Gasteiger partial charge on any atom is 0.290 e. The van der Waals surface area contributed by atoms with Gasteiger partial charge in [0, 0.05) is 12.1 Å². The molecule has 0 atom stereocenters. The number of hydrogen-bond donors (Lipinski definition) is 2. The number of amides is 1. The van der Waals surface area contributed by atoms with Crippen LogP contribution in [0.4, 0.5) is 0 Å². The number of primary sulfonamides is 1. The number of nitrogens with zero attached hydrogens (tertiary/aromatic N) is 1. The topological polar surface area (TPSA) is 115 Å². The van der Waals surface area contributed by atoms with E-state index in [4.69, 9.17) is 9.66 Å². The molecular weight excluding hydrogens is 294 g/mol. The van der Waals surface area contributed by atoms with Crippen molar-refractivity contribution in [2.24, 2.45) is 5.14 Å². The van der Waals surface area contributed by atoms with Crippen LogP contribution >= 0.6 is 0 Å². The molecule has 0 saturated carbocycles. The summed E-state index contributed by atoms with van der Waals surface area (Å²) in [5.74, 6) is -0.134. The normalized spacial score (nSPS) is 11.3. The largest absolute Gasteiger partial charge is 0.351 e. The van der Waals surface area contributed by atoms with Crippen molar-refractivity contribution < 1.29 is 17.7 Å². The van der Waals surface area contributed by atoms with Crippen LogP contribution in [0.5, 0.6) is 0 Å². The second-order valence-electron chi connectivity index (χ2n) is 4.53. The highest BCUT2D eigenvalue weighted by atomic mass is 32.2. The zero-order valence-corrected chi connectivity index (χ0v) is 12.2. The van der Waals surface area contributed by atoms with Crippen molar-refractivity contribution >= 4 is 15.9 Å². The minimum Gasteiger partial charge on any atom is -0.351 e. The summed E-state index contributed by atoms with van der Waals surface area (Å²) in [4.78, 5) is 11.8. The molecule has 0 spiro atoms. The number of carbonyl (C=O) groups excluding carboxylic acids is 1. The fourth-order valence-corrected chi connectivity index (χ4v) is 2.27. The van der Waals surface area contributed by atoms with E-state index in [-0.39, 0.29) is 16.6 Å². The summed E-state index contributed by atoms with van der Waals surface area (Å²) >= 11 is 0. The highest BCUT2D eigenvalue weighted by Crippen LogP contribution is 2.09. The highest BCUT2D eigenvalue weighted by molar-refractivity contribution is 7.89. The van der Waals surface area contributed by atoms with Gasteiger partial charge >= 0.3 is 0 Å². The first-order valence-electron chi connectivity index (χ1n) is 6.19. The lowest BCUT2D eigenvalue weighted by Gasteiger charge is -2.05. The third-order valence-electron chi connectivity index (χ3n) is 2.91. The van der Waals surface area contributed by atoms with E-state index in [9.17, 15) is 13.2 Å². The van der Waals surface area contributed by atoms with Crippen LogP contribution in [0.15, 0.2) is 39.9 Å². The summed E-state index contributed by atoms with van der Waals surface area (Å²) < 4.78 is 27.1. The van der Waals surface area contributed by atoms with E-state index in [1.807, 2.05) is 0 Å². The van der Waals surface area contributed by atoms with Crippen LogP contribution in [0.3, 0.4) is 0 Å². The van der Waals surface area contributed by atoms with Crippen molar-refractivity contribution in [3.63, 3.8) is 0 Å². The number of aryl methyl sites for hydroxylation is 1. The van der Waals surface area contributed by atoms with Crippen molar-refractivity contribution in [3.05, 3.63) is 47.3 Å². The van der Waals surface area contributed by atoms with Gasteiger partial charge in [0.2, 0.25) is 15.8 Å². The summed E-state index contributed by atoms with van der Waals surface area (Å²) in [7, 11) is -3.68. The molecule has 3 N–H and O–H groups in total. The maximum absolute atomic E-state index is 11.8. The second kappa shape index (κ2) is 6.06. The standard InChI is InChI=1S/C13H15N3O4S/c1-9-8-16-20-12(9)13(17)15-7-6-10-2-4-11(5-3-10)21(14,18)19/h2-5,8H,6-7H2,1H3,(H,15,17)(H2,14,18,19). The summed E-state index contributed by atoms with van der Waals surface area (Å²) in [6, 6.07) is 6.19. The Labute approximate surface area is 122 Å². The molecule has 0 aliphatic rings. The third-order valence-corrected chi connectivity index (χ3v) is 3.84. The van der Waals surface area contributed by atoms with Gasteiger partial charge in [-0.1, -0.05) is 17.3 Å². The Kier molecular flexibility index (Phi) is 4.39. The van der Waals surface area contributed by atoms with Crippen LogP contribution in [0.2, 0.25) is 0 Å². The van der Waals surface area contributed by atoms with Gasteiger partial charge in [-0.2, -0.15) is 0 Å². The van der Waals surface area contributed by atoms with Gasteiger partial charge in [0.1, 0.15) is 0 Å². The molecule has 1 aromatic carbocycles. The molecule has 112 valence electrons. The van der Waals surface area contributed by atoms with Crippen molar-refractivity contribution in [2.45, 2.75) is 18.2 Å². The van der Waals surface area contributed by atoms with Crippen LogP contribution in [-0.2, 0) is 16.4 Å². The van der Waals surface area contributed by atoms with E-state index >= 15 is 0 Å². The predicted octanol–water partition coefficient (Wildman–Crippen LogP) is 0.603. The second-order valence-corrected chi connectivity index (χ2v) is 6.09. The van der Waals surface area contributed by atoms with Gasteiger partial charge in [-0.05, 0) is 31.0 Å². The lowest BCUT2D eigenvalue weighted by molar-refractivity contribution is 0.0916. The highest BCUT2D eigenvalue weighted by Gasteiger charge is 2.13. The molecule has 0 aliphatic carbocycles. The first-order chi connectivity index (χ1) is 9.88. The number of hydrogen-bond acceptors (Lipinski definition) is 5. The Morgan fingerprint density at radius 3 is 2.52 bits per heavy atom. The molecular formula is C13H15N3O4S. The number of rotatable bonds is 5. The molecule has 0 bridgehead atoms. The average Bonchev–Trinajstić information content (AvgIpc) is 2.84. The van der Waals surface area contributed by atoms with Gasteiger partial charge in [-0.25, -0.2) is 13.6 Å². The van der Waals surface area contributed by atoms with E-state index in [1.54, 1.807) is 19.1 Å². The molecule has 1 aromatic heterocycles. The third kappa shape index (κ3) is 3.89. The number of nitrogens with one attached hydrogen (secondary N) is 1. The van der Waals surface area contributed by atoms with E-state index in [1.165, 1.54) is 18.3 Å². The summed E-state index contributed by atoms with van der Waals surface area (Å²) in [5, 5.41) is 11.3. The molecule has 2 aromatic rings. The van der Waals surface area contributed by atoms with Gasteiger partial charge < -0.3 is 9.84 Å². The summed E-state index contributed by atoms with van der Waals surface area (Å²) in [6.45, 7) is 2.13. The van der Waals surface area contributed by atoms with E-state index in [0.29, 0.717) is 18.5 Å². The Morgan fingerprint density at radius 1 is 1.33 bits per heavy atom. The quantitative estimate of drug-likeness (QED) is 0.839. The van der Waals surface area contributed by atoms with Crippen LogP contribution in [0, 0.1) is 6.92 Å². The number of aromatic nitrogens is 1. The fraction of sp³-hybridized carbons (Fsp3) is 0.231. The molecule has 21 heavy (non-hydrogen) atoms. The Hall–Kier alpha value is -2.19. The minimum atomic E-state index is -3.68. The number of nitrogens with two attached hydrogens (primary N) is 1. The molecule has 0 saturated heterocycles. The Morgan fingerprint density at radius 2 is 2.00 bits per heavy atom. The zero-order chi connectivity index (χ0) is 15.5. The molecule has 2 rings (SSSR count). The molecule has 0 aliphatic heterocycles. The van der Waals surface area contributed by atoms with E-state index in [0.717, 1.165) is 5.56 Å². The monoisotopic (exact) mass is 309 g/mol. The molecule has 1 heterocycles. The van der Waals surface area contributed by atoms with Crippen LogP contribution in [0.1, 0.15) is 21.7 Å². The fourth-order valence-electron chi connectivity index (χ4n) is 1.76. The van der Waals surface area contributed by atoms with Crippen molar-refractivity contribution in [2.75, 3.05) is 6.54 Å². The van der Waals surface area contributed by atoms with Crippen molar-refractivity contribution in [1.82, 2.24) is 10.5 Å². The number of sulfonamides is 1. The average molecular weight is 309 g/mol. The molecule has 1 amide bonds. The minimum absolute atomic E-state index is 0.0626. The smallest absolute Gasteiger partial charge is 0.290 e. The van der Waals surface area contributed by atoms with E-state index < -0.39 is 10.0 Å². The number of carbonyl (C=O) groups is 1. The molecule has 0 fully saturated rings. The number of benzene rings is 1. The van der Waals surface area contributed by atoms with E-state index in [2.05, 4.69) is 10.5 Å². The van der Waals surface area contributed by atoms with Crippen molar-refractivity contribution in [3.8, 4) is 0 Å². The molecule has 7 nitrogen and oxygen atoms in total. The van der Waals surface area contributed by atoms with Gasteiger partial charge in [0.15, 0.2) is 0 Å². The zero-order valence-electron chi connectivity index (χ0n) is 11.4. The first kappa shape index (κ1) is 15.2. The SMILES string of the molecule is Cc1cnoc1C(=O)NCCc1ccc(S(N)(=O)=O)cc1.